The molecule has 2 rings (SSSR count). The zero-order valence-corrected chi connectivity index (χ0v) is 9.90. The van der Waals surface area contributed by atoms with Gasteiger partial charge in [0.15, 0.2) is 5.82 Å². The summed E-state index contributed by atoms with van der Waals surface area (Å²) in [6.45, 7) is 2.85. The lowest BCUT2D eigenvalue weighted by molar-refractivity contribution is 0.209. The molecule has 96 valence electrons. The second kappa shape index (κ2) is 5.30. The molecule has 18 heavy (non-hydrogen) atoms. The Bertz CT molecular complexity index is 552. The molecular formula is C10H14N6O2. The number of nitrogens with one attached hydrogen (secondary N) is 3. The minimum atomic E-state index is -1.20. The molecule has 0 aliphatic rings. The van der Waals surface area contributed by atoms with Crippen LogP contribution in [0.25, 0.3) is 11.0 Å². The number of hydrogen-bond acceptors (Lipinski definition) is 5. The van der Waals surface area contributed by atoms with E-state index in [0.29, 0.717) is 16.9 Å². The van der Waals surface area contributed by atoms with E-state index in [2.05, 4.69) is 37.7 Å². The zero-order chi connectivity index (χ0) is 13.0. The van der Waals surface area contributed by atoms with Crippen molar-refractivity contribution in [1.29, 1.82) is 0 Å². The Hall–Kier alpha value is -2.38. The van der Waals surface area contributed by atoms with Gasteiger partial charge in [-0.1, -0.05) is 13.3 Å². The van der Waals surface area contributed by atoms with Crippen LogP contribution in [-0.4, -0.2) is 37.9 Å². The van der Waals surface area contributed by atoms with Crippen LogP contribution in [0.15, 0.2) is 6.20 Å². The van der Waals surface area contributed by atoms with Crippen LogP contribution >= 0.6 is 0 Å². The molecule has 0 saturated carbocycles. The molecule has 0 saturated heterocycles. The van der Waals surface area contributed by atoms with Gasteiger partial charge in [-0.05, 0) is 6.42 Å². The molecule has 0 fully saturated rings. The van der Waals surface area contributed by atoms with E-state index >= 15 is 0 Å². The Labute approximate surface area is 103 Å². The topological polar surface area (TPSA) is 116 Å². The summed E-state index contributed by atoms with van der Waals surface area (Å²) in [6, 6.07) is 0. The van der Waals surface area contributed by atoms with Crippen LogP contribution < -0.4 is 10.6 Å². The lowest BCUT2D eigenvalue weighted by atomic mass is 10.3. The summed E-state index contributed by atoms with van der Waals surface area (Å²) in [5, 5.41) is 20.6. The lowest BCUT2D eigenvalue weighted by Crippen LogP contribution is -2.12. The Kier molecular flexibility index (Phi) is 3.56. The van der Waals surface area contributed by atoms with Crippen LogP contribution in [0.2, 0.25) is 0 Å². The van der Waals surface area contributed by atoms with Crippen molar-refractivity contribution < 1.29 is 9.90 Å². The first-order valence-electron chi connectivity index (χ1n) is 5.65. The number of carbonyl (C=O) groups is 1. The number of nitrogens with zero attached hydrogens (tertiary/aromatic N) is 3. The van der Waals surface area contributed by atoms with Crippen molar-refractivity contribution in [3.8, 4) is 0 Å². The average Bonchev–Trinajstić information content (AvgIpc) is 2.76. The molecule has 0 bridgehead atoms. The third-order valence-electron chi connectivity index (χ3n) is 2.34. The van der Waals surface area contributed by atoms with Gasteiger partial charge in [0, 0.05) is 6.54 Å². The van der Waals surface area contributed by atoms with Gasteiger partial charge in [0.1, 0.15) is 11.0 Å². The van der Waals surface area contributed by atoms with Gasteiger partial charge in [-0.3, -0.25) is 10.4 Å². The molecule has 0 aliphatic carbocycles. The molecule has 0 radical (unpaired) electrons. The van der Waals surface area contributed by atoms with Crippen LogP contribution in [0.4, 0.5) is 16.6 Å². The van der Waals surface area contributed by atoms with Crippen LogP contribution in [0.5, 0.6) is 0 Å². The first-order chi connectivity index (χ1) is 8.70. The normalized spacial score (nSPS) is 10.5. The lowest BCUT2D eigenvalue weighted by Gasteiger charge is -2.07. The molecule has 2 aromatic heterocycles. The molecule has 0 atom stereocenters. The summed E-state index contributed by atoms with van der Waals surface area (Å²) >= 11 is 0. The largest absolute Gasteiger partial charge is 0.465 e. The van der Waals surface area contributed by atoms with Gasteiger partial charge in [0.2, 0.25) is 5.95 Å². The number of hydrogen-bond donors (Lipinski definition) is 4. The highest BCUT2D eigenvalue weighted by Gasteiger charge is 2.10. The summed E-state index contributed by atoms with van der Waals surface area (Å²) in [5.74, 6) is 0.588. The Morgan fingerprint density at radius 2 is 2.33 bits per heavy atom. The molecule has 0 spiro atoms. The fourth-order valence-electron chi connectivity index (χ4n) is 1.50. The number of amides is 1. The van der Waals surface area contributed by atoms with Gasteiger partial charge >= 0.3 is 6.09 Å². The van der Waals surface area contributed by atoms with E-state index in [1.54, 1.807) is 0 Å². The Morgan fingerprint density at radius 3 is 3.06 bits per heavy atom. The summed E-state index contributed by atoms with van der Waals surface area (Å²) < 4.78 is 0. The standard InChI is InChI=1S/C10H14N6O2/c1-2-3-4-11-8-7-6(5-12-16-7)13-9(14-8)15-10(17)18/h5H,2-4H2,1H3,(H,12,16)(H,17,18)(H2,11,13,14,15). The van der Waals surface area contributed by atoms with Crippen molar-refractivity contribution in [3.63, 3.8) is 0 Å². The number of fused-ring (bicyclic) bond motifs is 1. The van der Waals surface area contributed by atoms with Crippen LogP contribution in [0.1, 0.15) is 19.8 Å². The smallest absolute Gasteiger partial charge is 0.411 e. The monoisotopic (exact) mass is 250 g/mol. The van der Waals surface area contributed by atoms with Gasteiger partial charge in [-0.25, -0.2) is 9.78 Å². The average molecular weight is 250 g/mol. The maximum absolute atomic E-state index is 10.6. The van der Waals surface area contributed by atoms with Crippen LogP contribution in [0.3, 0.4) is 0 Å². The predicted molar refractivity (Wildman–Crippen MR) is 66.7 cm³/mol. The number of carboxylic acid groups (broad SMARTS) is 1. The van der Waals surface area contributed by atoms with Crippen molar-refractivity contribution in [1.82, 2.24) is 20.2 Å². The molecule has 4 N–H and O–H groups in total. The van der Waals surface area contributed by atoms with E-state index in [0.717, 1.165) is 19.4 Å². The van der Waals surface area contributed by atoms with Crippen molar-refractivity contribution in [2.24, 2.45) is 0 Å². The van der Waals surface area contributed by atoms with E-state index in [1.165, 1.54) is 6.20 Å². The number of rotatable bonds is 5. The SMILES string of the molecule is CCCCNc1nc(NC(=O)O)nc2cn[nH]c12. The van der Waals surface area contributed by atoms with E-state index in [1.807, 2.05) is 0 Å². The maximum atomic E-state index is 10.6. The highest BCUT2D eigenvalue weighted by Crippen LogP contribution is 2.19. The molecule has 1 amide bonds. The Balaban J connectivity index is 2.29. The second-order valence-electron chi connectivity index (χ2n) is 3.74. The minimum Gasteiger partial charge on any atom is -0.465 e. The predicted octanol–water partition coefficient (Wildman–Crippen LogP) is 1.65. The third kappa shape index (κ3) is 2.65. The van der Waals surface area contributed by atoms with Crippen LogP contribution in [0, 0.1) is 0 Å². The minimum absolute atomic E-state index is 0.0374. The van der Waals surface area contributed by atoms with Crippen molar-refractivity contribution in [2.45, 2.75) is 19.8 Å². The molecule has 0 unspecified atom stereocenters. The first-order valence-corrected chi connectivity index (χ1v) is 5.65. The number of unbranched alkanes of at least 4 members (excludes halogenated alkanes) is 1. The zero-order valence-electron chi connectivity index (χ0n) is 9.90. The summed E-state index contributed by atoms with van der Waals surface area (Å²) in [7, 11) is 0. The van der Waals surface area contributed by atoms with Crippen molar-refractivity contribution >= 4 is 28.9 Å². The summed E-state index contributed by atoms with van der Waals surface area (Å²) in [5.41, 5.74) is 1.23. The number of anilines is 2. The fourth-order valence-corrected chi connectivity index (χ4v) is 1.50. The molecule has 0 aliphatic heterocycles. The number of H-pyrrole nitrogens is 1. The van der Waals surface area contributed by atoms with Gasteiger partial charge in [0.05, 0.1) is 6.20 Å². The number of aromatic nitrogens is 4. The van der Waals surface area contributed by atoms with Gasteiger partial charge < -0.3 is 10.4 Å². The Morgan fingerprint density at radius 1 is 1.50 bits per heavy atom. The van der Waals surface area contributed by atoms with E-state index in [9.17, 15) is 4.79 Å². The van der Waals surface area contributed by atoms with Gasteiger partial charge in [-0.15, -0.1) is 0 Å². The van der Waals surface area contributed by atoms with E-state index in [4.69, 9.17) is 5.11 Å². The molecule has 0 aromatic carbocycles. The highest BCUT2D eigenvalue weighted by molar-refractivity contribution is 5.88. The summed E-state index contributed by atoms with van der Waals surface area (Å²) in [4.78, 5) is 18.7. The fraction of sp³-hybridized carbons (Fsp3) is 0.400. The summed E-state index contributed by atoms with van der Waals surface area (Å²) in [6.07, 6.45) is 2.39. The van der Waals surface area contributed by atoms with Crippen molar-refractivity contribution in [2.75, 3.05) is 17.2 Å². The molecular weight excluding hydrogens is 236 g/mol. The number of aromatic amines is 1. The van der Waals surface area contributed by atoms with E-state index < -0.39 is 6.09 Å². The molecule has 2 aromatic rings. The molecule has 8 nitrogen and oxygen atoms in total. The maximum Gasteiger partial charge on any atom is 0.411 e. The quantitative estimate of drug-likeness (QED) is 0.600. The highest BCUT2D eigenvalue weighted by atomic mass is 16.4. The third-order valence-corrected chi connectivity index (χ3v) is 2.34. The second-order valence-corrected chi connectivity index (χ2v) is 3.74. The van der Waals surface area contributed by atoms with Gasteiger partial charge in [0.25, 0.3) is 0 Å². The molecule has 8 heteroatoms. The van der Waals surface area contributed by atoms with Crippen LogP contribution in [-0.2, 0) is 0 Å². The van der Waals surface area contributed by atoms with E-state index in [-0.39, 0.29) is 5.95 Å². The molecule has 2 heterocycles. The first kappa shape index (κ1) is 12.1. The van der Waals surface area contributed by atoms with Crippen molar-refractivity contribution in [3.05, 3.63) is 6.20 Å². The van der Waals surface area contributed by atoms with Gasteiger partial charge in [-0.2, -0.15) is 10.1 Å².